The van der Waals surface area contributed by atoms with Crippen molar-refractivity contribution in [1.29, 1.82) is 0 Å². The summed E-state index contributed by atoms with van der Waals surface area (Å²) in [5, 5.41) is 11.2. The fraction of sp³-hybridized carbons (Fsp3) is 0.438. The molecule has 20 heavy (non-hydrogen) atoms. The third-order valence-corrected chi connectivity index (χ3v) is 4.63. The van der Waals surface area contributed by atoms with Gasteiger partial charge in [0.2, 0.25) is 5.91 Å². The quantitative estimate of drug-likeness (QED) is 0.879. The Labute approximate surface area is 118 Å². The number of carbonyl (C=O) groups excluding carboxylic acids is 1. The third-order valence-electron chi connectivity index (χ3n) is 4.63. The van der Waals surface area contributed by atoms with Crippen LogP contribution in [0.5, 0.6) is 0 Å². The molecular formula is C16H20N2O2. The number of fused-ring (bicyclic) bond motifs is 1. The highest BCUT2D eigenvalue weighted by Gasteiger charge is 2.37. The van der Waals surface area contributed by atoms with E-state index >= 15 is 0 Å². The summed E-state index contributed by atoms with van der Waals surface area (Å²) >= 11 is 0. The van der Waals surface area contributed by atoms with Crippen LogP contribution in [-0.2, 0) is 10.2 Å². The highest BCUT2D eigenvalue weighted by molar-refractivity contribution is 5.84. The number of hydrogen-bond donors (Lipinski definition) is 2. The van der Waals surface area contributed by atoms with Crippen LogP contribution in [0, 0.1) is 0 Å². The number of nitrogens with zero attached hydrogens (tertiary/aromatic N) is 1. The number of aromatic nitrogens is 1. The maximum Gasteiger partial charge on any atom is 0.219 e. The SMILES string of the molecule is CC(=O)N1CCC(CO)(c2c[nH]c3ccccc23)CC1. The number of piperidine rings is 1. The van der Waals surface area contributed by atoms with Crippen LogP contribution < -0.4 is 0 Å². The molecule has 1 aliphatic rings. The van der Waals surface area contributed by atoms with E-state index in [1.54, 1.807) is 6.92 Å². The Morgan fingerprint density at radius 2 is 2.05 bits per heavy atom. The van der Waals surface area contributed by atoms with Crippen molar-refractivity contribution >= 4 is 16.8 Å². The molecule has 1 aliphatic heterocycles. The van der Waals surface area contributed by atoms with E-state index in [0.29, 0.717) is 0 Å². The number of likely N-dealkylation sites (tertiary alicyclic amines) is 1. The highest BCUT2D eigenvalue weighted by Crippen LogP contribution is 2.38. The zero-order valence-electron chi connectivity index (χ0n) is 11.7. The van der Waals surface area contributed by atoms with Gasteiger partial charge in [-0.3, -0.25) is 4.79 Å². The molecule has 2 N–H and O–H groups in total. The molecule has 0 bridgehead atoms. The van der Waals surface area contributed by atoms with Gasteiger partial charge in [-0.2, -0.15) is 0 Å². The number of para-hydroxylation sites is 1. The van der Waals surface area contributed by atoms with Crippen LogP contribution in [0.2, 0.25) is 0 Å². The van der Waals surface area contributed by atoms with Crippen molar-refractivity contribution in [2.45, 2.75) is 25.2 Å². The second-order valence-corrected chi connectivity index (χ2v) is 5.69. The van der Waals surface area contributed by atoms with E-state index in [2.05, 4.69) is 17.1 Å². The number of amides is 1. The van der Waals surface area contributed by atoms with Crippen molar-refractivity contribution in [3.8, 4) is 0 Å². The van der Waals surface area contributed by atoms with Crippen LogP contribution in [0.3, 0.4) is 0 Å². The number of nitrogens with one attached hydrogen (secondary N) is 1. The van der Waals surface area contributed by atoms with E-state index in [-0.39, 0.29) is 17.9 Å². The number of rotatable bonds is 2. The molecular weight excluding hydrogens is 252 g/mol. The first-order valence-electron chi connectivity index (χ1n) is 7.09. The van der Waals surface area contributed by atoms with Crippen LogP contribution >= 0.6 is 0 Å². The molecule has 0 saturated carbocycles. The van der Waals surface area contributed by atoms with E-state index in [1.807, 2.05) is 23.2 Å². The predicted octanol–water partition coefficient (Wildman–Crippen LogP) is 2.04. The molecule has 1 aromatic carbocycles. The monoisotopic (exact) mass is 272 g/mol. The Balaban J connectivity index is 1.96. The molecule has 0 radical (unpaired) electrons. The number of benzene rings is 1. The van der Waals surface area contributed by atoms with Crippen molar-refractivity contribution in [3.05, 3.63) is 36.0 Å². The molecule has 1 saturated heterocycles. The van der Waals surface area contributed by atoms with Gasteiger partial charge in [-0.25, -0.2) is 0 Å². The van der Waals surface area contributed by atoms with Crippen LogP contribution in [-0.4, -0.2) is 40.6 Å². The van der Waals surface area contributed by atoms with Crippen LogP contribution in [0.4, 0.5) is 0 Å². The molecule has 1 fully saturated rings. The maximum atomic E-state index is 11.5. The van der Waals surface area contributed by atoms with Crippen molar-refractivity contribution < 1.29 is 9.90 Å². The van der Waals surface area contributed by atoms with Gasteiger partial charge in [0.15, 0.2) is 0 Å². The fourth-order valence-corrected chi connectivity index (χ4v) is 3.27. The zero-order chi connectivity index (χ0) is 14.2. The molecule has 4 heteroatoms. The van der Waals surface area contributed by atoms with Crippen molar-refractivity contribution in [3.63, 3.8) is 0 Å². The minimum Gasteiger partial charge on any atom is -0.395 e. The molecule has 0 unspecified atom stereocenters. The second kappa shape index (κ2) is 4.94. The van der Waals surface area contributed by atoms with Gasteiger partial charge in [-0.05, 0) is 24.5 Å². The number of aromatic amines is 1. The van der Waals surface area contributed by atoms with Gasteiger partial charge in [-0.15, -0.1) is 0 Å². The third kappa shape index (κ3) is 2.00. The Morgan fingerprint density at radius 1 is 1.35 bits per heavy atom. The molecule has 0 aliphatic carbocycles. The molecule has 2 aromatic rings. The Kier molecular flexibility index (Phi) is 3.26. The van der Waals surface area contributed by atoms with E-state index in [9.17, 15) is 9.90 Å². The largest absolute Gasteiger partial charge is 0.395 e. The van der Waals surface area contributed by atoms with Crippen molar-refractivity contribution in [2.24, 2.45) is 0 Å². The van der Waals surface area contributed by atoms with Crippen molar-refractivity contribution in [1.82, 2.24) is 9.88 Å². The fourth-order valence-electron chi connectivity index (χ4n) is 3.27. The molecule has 1 amide bonds. The molecule has 1 aromatic heterocycles. The Hall–Kier alpha value is -1.81. The summed E-state index contributed by atoms with van der Waals surface area (Å²) in [6.07, 6.45) is 3.64. The number of aliphatic hydroxyl groups excluding tert-OH is 1. The van der Waals surface area contributed by atoms with E-state index in [1.165, 1.54) is 10.9 Å². The molecule has 106 valence electrons. The van der Waals surface area contributed by atoms with Gasteiger partial charge in [-0.1, -0.05) is 18.2 Å². The van der Waals surface area contributed by atoms with Crippen LogP contribution in [0.15, 0.2) is 30.5 Å². The minimum absolute atomic E-state index is 0.121. The van der Waals surface area contributed by atoms with Crippen LogP contribution in [0.25, 0.3) is 10.9 Å². The van der Waals surface area contributed by atoms with Crippen molar-refractivity contribution in [2.75, 3.05) is 19.7 Å². The van der Waals surface area contributed by atoms with E-state index in [0.717, 1.165) is 31.4 Å². The summed E-state index contributed by atoms with van der Waals surface area (Å²) < 4.78 is 0. The molecule has 0 spiro atoms. The summed E-state index contributed by atoms with van der Waals surface area (Å²) in [4.78, 5) is 16.6. The van der Waals surface area contributed by atoms with Crippen LogP contribution in [0.1, 0.15) is 25.3 Å². The molecule has 3 rings (SSSR count). The van der Waals surface area contributed by atoms with Gasteiger partial charge < -0.3 is 15.0 Å². The number of hydrogen-bond acceptors (Lipinski definition) is 2. The van der Waals surface area contributed by atoms with Gasteiger partial charge in [0.05, 0.1) is 6.61 Å². The summed E-state index contributed by atoms with van der Waals surface area (Å²) in [5.41, 5.74) is 2.05. The summed E-state index contributed by atoms with van der Waals surface area (Å²) in [7, 11) is 0. The molecule has 4 nitrogen and oxygen atoms in total. The smallest absolute Gasteiger partial charge is 0.219 e. The average molecular weight is 272 g/mol. The highest BCUT2D eigenvalue weighted by atomic mass is 16.3. The maximum absolute atomic E-state index is 11.5. The minimum atomic E-state index is -0.231. The Morgan fingerprint density at radius 3 is 2.70 bits per heavy atom. The first-order valence-corrected chi connectivity index (χ1v) is 7.09. The standard InChI is InChI=1S/C16H20N2O2/c1-12(20)18-8-6-16(11-19,7-9-18)14-10-17-15-5-3-2-4-13(14)15/h2-5,10,17,19H,6-9,11H2,1H3. The average Bonchev–Trinajstić information content (AvgIpc) is 2.91. The molecule has 2 heterocycles. The lowest BCUT2D eigenvalue weighted by atomic mass is 9.73. The van der Waals surface area contributed by atoms with Gasteiger partial charge >= 0.3 is 0 Å². The predicted molar refractivity (Wildman–Crippen MR) is 78.6 cm³/mol. The van der Waals surface area contributed by atoms with Gasteiger partial charge in [0, 0.05) is 42.5 Å². The van der Waals surface area contributed by atoms with Gasteiger partial charge in [0.25, 0.3) is 0 Å². The number of aliphatic hydroxyl groups is 1. The number of H-pyrrole nitrogens is 1. The lowest BCUT2D eigenvalue weighted by molar-refractivity contribution is -0.130. The topological polar surface area (TPSA) is 56.3 Å². The Bertz CT molecular complexity index is 624. The summed E-state index contributed by atoms with van der Waals surface area (Å²) in [6.45, 7) is 3.17. The lowest BCUT2D eigenvalue weighted by Gasteiger charge is -2.40. The first-order chi connectivity index (χ1) is 9.66. The summed E-state index contributed by atoms with van der Waals surface area (Å²) in [6, 6.07) is 8.17. The zero-order valence-corrected chi connectivity index (χ0v) is 11.7. The second-order valence-electron chi connectivity index (χ2n) is 5.69. The first kappa shape index (κ1) is 13.2. The normalized spacial score (nSPS) is 18.4. The van der Waals surface area contributed by atoms with Gasteiger partial charge in [0.1, 0.15) is 0 Å². The van der Waals surface area contributed by atoms with E-state index < -0.39 is 0 Å². The molecule has 0 atom stereocenters. The van der Waals surface area contributed by atoms with E-state index in [4.69, 9.17) is 0 Å². The summed E-state index contributed by atoms with van der Waals surface area (Å²) in [5.74, 6) is 0.121. The lowest BCUT2D eigenvalue weighted by Crippen LogP contribution is -2.46. The number of carbonyl (C=O) groups is 1.